The number of H-pyrrole nitrogens is 1. The second-order valence-electron chi connectivity index (χ2n) is 4.35. The first-order valence-electron chi connectivity index (χ1n) is 5.85. The number of rotatable bonds is 2. The number of nitriles is 1. The van der Waals surface area contributed by atoms with E-state index < -0.39 is 0 Å². The van der Waals surface area contributed by atoms with Crippen molar-refractivity contribution in [3.05, 3.63) is 17.7 Å². The van der Waals surface area contributed by atoms with Gasteiger partial charge in [-0.3, -0.25) is 5.10 Å². The Morgan fingerprint density at radius 2 is 2.47 bits per heavy atom. The van der Waals surface area contributed by atoms with Crippen LogP contribution in [0.1, 0.15) is 17.6 Å². The van der Waals surface area contributed by atoms with Gasteiger partial charge in [-0.05, 0) is 7.05 Å². The van der Waals surface area contributed by atoms with Crippen molar-refractivity contribution in [3.63, 3.8) is 0 Å². The van der Waals surface area contributed by atoms with E-state index in [0.717, 1.165) is 13.1 Å². The average Bonchev–Trinajstić information content (AvgIpc) is 3.07. The lowest BCUT2D eigenvalue weighted by molar-refractivity contribution is -0.0264. The van der Waals surface area contributed by atoms with E-state index in [1.165, 1.54) is 6.20 Å². The molecule has 1 unspecified atom stereocenters. The molecule has 0 aliphatic carbocycles. The summed E-state index contributed by atoms with van der Waals surface area (Å²) >= 11 is 0. The number of hydrogen-bond donors (Lipinski definition) is 1. The second kappa shape index (κ2) is 4.79. The monoisotopic (exact) mass is 260 g/mol. The lowest BCUT2D eigenvalue weighted by Gasteiger charge is -2.27. The van der Waals surface area contributed by atoms with E-state index in [9.17, 15) is 0 Å². The van der Waals surface area contributed by atoms with Crippen molar-refractivity contribution >= 4 is 0 Å². The SMILES string of the molecule is CN1CCOC(c2noc(-c3cn[nH]c3C#N)n2)C1. The minimum absolute atomic E-state index is 0.200. The molecule has 1 aliphatic rings. The van der Waals surface area contributed by atoms with Crippen molar-refractivity contribution in [2.75, 3.05) is 26.7 Å². The highest BCUT2D eigenvalue weighted by atomic mass is 16.5. The molecule has 0 amide bonds. The molecule has 0 aromatic carbocycles. The van der Waals surface area contributed by atoms with E-state index in [0.29, 0.717) is 23.7 Å². The van der Waals surface area contributed by atoms with Gasteiger partial charge in [0.05, 0.1) is 18.4 Å². The molecular formula is C11H12N6O2. The molecule has 0 radical (unpaired) electrons. The Bertz CT molecular complexity index is 613. The van der Waals surface area contributed by atoms with Gasteiger partial charge in [-0.25, -0.2) is 0 Å². The van der Waals surface area contributed by atoms with Gasteiger partial charge in [-0.15, -0.1) is 0 Å². The fraction of sp³-hybridized carbons (Fsp3) is 0.455. The summed E-state index contributed by atoms with van der Waals surface area (Å²) in [4.78, 5) is 6.42. The molecule has 0 bridgehead atoms. The van der Waals surface area contributed by atoms with Crippen molar-refractivity contribution in [1.82, 2.24) is 25.2 Å². The normalized spacial score (nSPS) is 20.3. The van der Waals surface area contributed by atoms with Crippen LogP contribution in [-0.2, 0) is 4.74 Å². The maximum atomic E-state index is 8.92. The molecule has 2 aromatic rings. The highest BCUT2D eigenvalue weighted by Gasteiger charge is 2.25. The standard InChI is InChI=1S/C11H12N6O2/c1-17-2-3-18-9(6-17)10-14-11(19-16-10)7-5-13-15-8(7)4-12/h5,9H,2-3,6H2,1H3,(H,13,15). The van der Waals surface area contributed by atoms with Gasteiger partial charge in [0.1, 0.15) is 17.9 Å². The van der Waals surface area contributed by atoms with Gasteiger partial charge in [0.15, 0.2) is 0 Å². The van der Waals surface area contributed by atoms with E-state index in [1.807, 2.05) is 13.1 Å². The molecule has 1 atom stereocenters. The van der Waals surface area contributed by atoms with Crippen LogP contribution in [0.5, 0.6) is 0 Å². The number of morpholine rings is 1. The summed E-state index contributed by atoms with van der Waals surface area (Å²) in [6.07, 6.45) is 1.29. The predicted molar refractivity (Wildman–Crippen MR) is 62.8 cm³/mol. The number of nitrogens with one attached hydrogen (secondary N) is 1. The Morgan fingerprint density at radius 1 is 1.58 bits per heavy atom. The Morgan fingerprint density at radius 3 is 3.26 bits per heavy atom. The summed E-state index contributed by atoms with van der Waals surface area (Å²) in [6.45, 7) is 2.25. The van der Waals surface area contributed by atoms with Gasteiger partial charge < -0.3 is 14.2 Å². The zero-order valence-electron chi connectivity index (χ0n) is 10.3. The minimum Gasteiger partial charge on any atom is -0.367 e. The van der Waals surface area contributed by atoms with E-state index in [2.05, 4.69) is 25.2 Å². The van der Waals surface area contributed by atoms with Crippen LogP contribution >= 0.6 is 0 Å². The molecule has 19 heavy (non-hydrogen) atoms. The number of ether oxygens (including phenoxy) is 1. The third kappa shape index (κ3) is 2.21. The maximum absolute atomic E-state index is 8.92. The maximum Gasteiger partial charge on any atom is 0.262 e. The number of nitrogens with zero attached hydrogens (tertiary/aromatic N) is 5. The van der Waals surface area contributed by atoms with Crippen LogP contribution < -0.4 is 0 Å². The predicted octanol–water partition coefficient (Wildman–Crippen LogP) is 0.334. The first-order chi connectivity index (χ1) is 9.28. The summed E-state index contributed by atoms with van der Waals surface area (Å²) in [7, 11) is 2.01. The highest BCUT2D eigenvalue weighted by molar-refractivity contribution is 5.59. The van der Waals surface area contributed by atoms with Crippen LogP contribution in [-0.4, -0.2) is 52.0 Å². The lowest BCUT2D eigenvalue weighted by atomic mass is 10.2. The van der Waals surface area contributed by atoms with E-state index in [1.54, 1.807) is 0 Å². The Kier molecular flexibility index (Phi) is 2.98. The topological polar surface area (TPSA) is 104 Å². The van der Waals surface area contributed by atoms with Gasteiger partial charge >= 0.3 is 0 Å². The number of aromatic nitrogens is 4. The van der Waals surface area contributed by atoms with Gasteiger partial charge in [0.2, 0.25) is 5.82 Å². The van der Waals surface area contributed by atoms with Crippen molar-refractivity contribution < 1.29 is 9.26 Å². The van der Waals surface area contributed by atoms with Crippen LogP contribution in [0.3, 0.4) is 0 Å². The molecule has 0 saturated carbocycles. The van der Waals surface area contributed by atoms with Crippen LogP contribution in [0, 0.1) is 11.3 Å². The van der Waals surface area contributed by atoms with Crippen LogP contribution in [0.25, 0.3) is 11.5 Å². The van der Waals surface area contributed by atoms with Crippen molar-refractivity contribution in [2.45, 2.75) is 6.10 Å². The Labute approximate surface area is 109 Å². The van der Waals surface area contributed by atoms with Crippen LogP contribution in [0.15, 0.2) is 10.7 Å². The Balaban J connectivity index is 1.85. The fourth-order valence-electron chi connectivity index (χ4n) is 1.94. The molecule has 3 rings (SSSR count). The van der Waals surface area contributed by atoms with E-state index >= 15 is 0 Å². The molecule has 1 aliphatic heterocycles. The molecule has 0 spiro atoms. The Hall–Kier alpha value is -2.24. The van der Waals surface area contributed by atoms with Crippen LogP contribution in [0.2, 0.25) is 0 Å². The van der Waals surface area contributed by atoms with Crippen LogP contribution in [0.4, 0.5) is 0 Å². The molecule has 2 aromatic heterocycles. The number of hydrogen-bond acceptors (Lipinski definition) is 7. The number of likely N-dealkylation sites (N-methyl/N-ethyl adjacent to an activating group) is 1. The smallest absolute Gasteiger partial charge is 0.262 e. The lowest BCUT2D eigenvalue weighted by Crippen LogP contribution is -2.35. The largest absolute Gasteiger partial charge is 0.367 e. The van der Waals surface area contributed by atoms with Gasteiger partial charge in [-0.1, -0.05) is 5.16 Å². The van der Waals surface area contributed by atoms with Gasteiger partial charge in [0.25, 0.3) is 5.89 Å². The number of aromatic amines is 1. The summed E-state index contributed by atoms with van der Waals surface area (Å²) in [5, 5.41) is 19.2. The van der Waals surface area contributed by atoms with Gasteiger partial charge in [0, 0.05) is 13.1 Å². The quantitative estimate of drug-likeness (QED) is 0.829. The minimum atomic E-state index is -0.200. The average molecular weight is 260 g/mol. The molecule has 3 heterocycles. The summed E-state index contributed by atoms with van der Waals surface area (Å²) in [5.74, 6) is 0.767. The first-order valence-corrected chi connectivity index (χ1v) is 5.85. The first kappa shape index (κ1) is 11.8. The summed E-state index contributed by atoms with van der Waals surface area (Å²) in [6, 6.07) is 1.98. The second-order valence-corrected chi connectivity index (χ2v) is 4.35. The molecule has 1 saturated heterocycles. The zero-order valence-corrected chi connectivity index (χ0v) is 10.3. The third-order valence-corrected chi connectivity index (χ3v) is 2.98. The van der Waals surface area contributed by atoms with Crippen molar-refractivity contribution in [2.24, 2.45) is 0 Å². The van der Waals surface area contributed by atoms with E-state index in [-0.39, 0.29) is 12.0 Å². The molecule has 1 fully saturated rings. The fourth-order valence-corrected chi connectivity index (χ4v) is 1.94. The van der Waals surface area contributed by atoms with Gasteiger partial charge in [-0.2, -0.15) is 15.3 Å². The molecule has 8 nitrogen and oxygen atoms in total. The molecule has 8 heteroatoms. The van der Waals surface area contributed by atoms with E-state index in [4.69, 9.17) is 14.5 Å². The van der Waals surface area contributed by atoms with Crippen molar-refractivity contribution in [3.8, 4) is 17.5 Å². The molecule has 98 valence electrons. The molecule has 1 N–H and O–H groups in total. The third-order valence-electron chi connectivity index (χ3n) is 2.98. The summed E-state index contributed by atoms with van der Waals surface area (Å²) < 4.78 is 10.8. The summed E-state index contributed by atoms with van der Waals surface area (Å²) in [5.41, 5.74) is 0.808. The van der Waals surface area contributed by atoms with Crippen molar-refractivity contribution in [1.29, 1.82) is 5.26 Å². The zero-order chi connectivity index (χ0) is 13.2. The molecular weight excluding hydrogens is 248 g/mol. The highest BCUT2D eigenvalue weighted by Crippen LogP contribution is 2.24.